The number of amidine groups is 1. The molecule has 3 heterocycles. The SMILES string of the molecule is C1=CCCC(C2N=C(c3ccc(N4C5CCC=CC5C5Cc6c(cccc6N6c7ccc8c(c7C7C=CC=CC76)C=CCC8)CC54)cc3)NC(C3C=Cc4ccccc4C3)N2)=C1. The summed E-state index contributed by atoms with van der Waals surface area (Å²) >= 11 is 0. The predicted molar refractivity (Wildman–Crippen MR) is 256 cm³/mol. The zero-order valence-electron chi connectivity index (χ0n) is 35.4. The van der Waals surface area contributed by atoms with Gasteiger partial charge in [-0.3, -0.25) is 5.32 Å². The lowest BCUT2D eigenvalue weighted by molar-refractivity contribution is 0.337. The maximum absolute atomic E-state index is 5.38. The van der Waals surface area contributed by atoms with E-state index in [0.29, 0.717) is 41.8 Å². The van der Waals surface area contributed by atoms with Crippen molar-refractivity contribution in [2.75, 3.05) is 9.80 Å². The highest BCUT2D eigenvalue weighted by Crippen LogP contribution is 2.54. The van der Waals surface area contributed by atoms with Gasteiger partial charge in [-0.15, -0.1) is 0 Å². The summed E-state index contributed by atoms with van der Waals surface area (Å²) in [5, 5.41) is 7.82. The van der Waals surface area contributed by atoms with Crippen LogP contribution in [0.2, 0.25) is 0 Å². The summed E-state index contributed by atoms with van der Waals surface area (Å²) in [4.78, 5) is 11.0. The minimum Gasteiger partial charge on any atom is -0.364 e. The molecule has 13 rings (SSSR count). The van der Waals surface area contributed by atoms with Crippen molar-refractivity contribution in [2.45, 2.75) is 94.2 Å². The maximum atomic E-state index is 5.38. The number of allylic oxidation sites excluding steroid dienone is 7. The van der Waals surface area contributed by atoms with Gasteiger partial charge < -0.3 is 15.1 Å². The van der Waals surface area contributed by atoms with Crippen molar-refractivity contribution in [3.8, 4) is 0 Å². The predicted octanol–water partition coefficient (Wildman–Crippen LogP) is 11.1. The summed E-state index contributed by atoms with van der Waals surface area (Å²) < 4.78 is 0. The van der Waals surface area contributed by atoms with Crippen molar-refractivity contribution in [1.82, 2.24) is 10.6 Å². The molecule has 0 spiro atoms. The fourth-order valence-corrected chi connectivity index (χ4v) is 13.0. The van der Waals surface area contributed by atoms with Crippen LogP contribution in [0.1, 0.15) is 82.5 Å². The smallest absolute Gasteiger partial charge is 0.131 e. The third kappa shape index (κ3) is 5.95. The average molecular weight is 810 g/mol. The lowest BCUT2D eigenvalue weighted by Gasteiger charge is -2.39. The standard InChI is InChI=1S/C57H55N5/c1-2-15-38(16-3-1)55-58-56(60-57(59-55)42-26-25-36-13-4-5-17-40(36)33-42)39-27-30-43(31-28-39)61-49-22-10-8-20-45(49)48-35-47-41(34-53(48)61)18-12-24-51(47)62-50-23-11-9-21-46(50)54-44-19-7-6-14-37(44)29-32-52(54)62/h1-2,4-5,7-9,11-13,15,17-21,23-32,42,45-46,48-50,53,55,57,59H,3,6,10,14,16,22,33-35H2,(H,58,60). The van der Waals surface area contributed by atoms with Gasteiger partial charge in [0.2, 0.25) is 0 Å². The summed E-state index contributed by atoms with van der Waals surface area (Å²) in [7, 11) is 0. The first kappa shape index (κ1) is 36.7. The highest BCUT2D eigenvalue weighted by atomic mass is 15.3. The molecule has 2 N–H and O–H groups in total. The molecule has 308 valence electrons. The second-order valence-corrected chi connectivity index (χ2v) is 19.1. The fraction of sp³-hybridized carbons (Fsp3) is 0.316. The minimum absolute atomic E-state index is 0.0412. The summed E-state index contributed by atoms with van der Waals surface area (Å²) in [5.74, 6) is 2.81. The molecule has 9 unspecified atom stereocenters. The van der Waals surface area contributed by atoms with Crippen LogP contribution in [0.5, 0.6) is 0 Å². The molecular weight excluding hydrogens is 755 g/mol. The molecule has 0 radical (unpaired) electrons. The van der Waals surface area contributed by atoms with E-state index in [-0.39, 0.29) is 12.3 Å². The maximum Gasteiger partial charge on any atom is 0.131 e. The van der Waals surface area contributed by atoms with Crippen molar-refractivity contribution in [3.05, 3.63) is 196 Å². The van der Waals surface area contributed by atoms with E-state index in [2.05, 4.69) is 178 Å². The third-order valence-electron chi connectivity index (χ3n) is 15.9. The Labute approximate surface area is 366 Å². The first-order valence-electron chi connectivity index (χ1n) is 23.6. The molecule has 0 aromatic heterocycles. The van der Waals surface area contributed by atoms with Crippen LogP contribution in [-0.2, 0) is 25.7 Å². The van der Waals surface area contributed by atoms with Crippen LogP contribution in [0.3, 0.4) is 0 Å². The van der Waals surface area contributed by atoms with E-state index < -0.39 is 0 Å². The van der Waals surface area contributed by atoms with Gasteiger partial charge in [0.25, 0.3) is 0 Å². The van der Waals surface area contributed by atoms with Crippen LogP contribution in [0.25, 0.3) is 12.2 Å². The molecule has 5 nitrogen and oxygen atoms in total. The number of nitrogens with zero attached hydrogens (tertiary/aromatic N) is 3. The number of rotatable bonds is 5. The van der Waals surface area contributed by atoms with E-state index in [4.69, 9.17) is 4.99 Å². The van der Waals surface area contributed by atoms with E-state index in [0.717, 1.165) is 57.2 Å². The Morgan fingerprint density at radius 1 is 0.661 bits per heavy atom. The molecule has 1 fully saturated rings. The first-order chi connectivity index (χ1) is 30.7. The summed E-state index contributed by atoms with van der Waals surface area (Å²) in [5.41, 5.74) is 17.1. The number of hydrogen-bond donors (Lipinski definition) is 2. The quantitative estimate of drug-likeness (QED) is 0.197. The van der Waals surface area contributed by atoms with E-state index >= 15 is 0 Å². The van der Waals surface area contributed by atoms with Gasteiger partial charge in [-0.05, 0) is 145 Å². The van der Waals surface area contributed by atoms with Gasteiger partial charge in [-0.25, -0.2) is 4.99 Å². The van der Waals surface area contributed by atoms with E-state index in [1.807, 2.05) is 0 Å². The molecule has 9 atom stereocenters. The number of nitrogens with one attached hydrogen (secondary N) is 2. The molecule has 4 aromatic rings. The number of fused-ring (bicyclic) bond motifs is 10. The van der Waals surface area contributed by atoms with Gasteiger partial charge in [-0.2, -0.15) is 0 Å². The molecule has 5 heteroatoms. The Balaban J connectivity index is 0.821. The molecule has 0 bridgehead atoms. The minimum atomic E-state index is -0.0412. The van der Waals surface area contributed by atoms with Crippen molar-refractivity contribution in [2.24, 2.45) is 22.7 Å². The van der Waals surface area contributed by atoms with Gasteiger partial charge in [0.05, 0.1) is 12.2 Å². The third-order valence-corrected chi connectivity index (χ3v) is 15.9. The van der Waals surface area contributed by atoms with Crippen molar-refractivity contribution in [1.29, 1.82) is 0 Å². The molecule has 0 amide bonds. The molecule has 9 aliphatic rings. The van der Waals surface area contributed by atoms with Crippen molar-refractivity contribution in [3.63, 3.8) is 0 Å². The van der Waals surface area contributed by atoms with Gasteiger partial charge in [0.15, 0.2) is 0 Å². The number of benzene rings is 4. The number of aryl methyl sites for hydroxylation is 1. The van der Waals surface area contributed by atoms with Crippen LogP contribution >= 0.6 is 0 Å². The molecule has 6 aliphatic carbocycles. The molecule has 3 aliphatic heterocycles. The normalized spacial score (nSPS) is 30.6. The first-order valence-corrected chi connectivity index (χ1v) is 23.6. The van der Waals surface area contributed by atoms with Crippen LogP contribution in [0, 0.1) is 17.8 Å². The van der Waals surface area contributed by atoms with Crippen LogP contribution in [-0.4, -0.2) is 36.3 Å². The van der Waals surface area contributed by atoms with Gasteiger partial charge >= 0.3 is 0 Å². The lowest BCUT2D eigenvalue weighted by atomic mass is 9.73. The largest absolute Gasteiger partial charge is 0.364 e. The summed E-state index contributed by atoms with van der Waals surface area (Å²) in [6.07, 6.45) is 40.8. The van der Waals surface area contributed by atoms with Crippen LogP contribution < -0.4 is 20.4 Å². The van der Waals surface area contributed by atoms with E-state index in [1.165, 1.54) is 68.0 Å². The second-order valence-electron chi connectivity index (χ2n) is 19.1. The van der Waals surface area contributed by atoms with E-state index in [1.54, 1.807) is 5.56 Å². The van der Waals surface area contributed by atoms with Crippen molar-refractivity contribution < 1.29 is 0 Å². The zero-order chi connectivity index (χ0) is 40.7. The number of hydrogen-bond acceptors (Lipinski definition) is 5. The fourth-order valence-electron chi connectivity index (χ4n) is 13.0. The Morgan fingerprint density at radius 2 is 1.56 bits per heavy atom. The Kier molecular flexibility index (Phi) is 8.81. The summed E-state index contributed by atoms with van der Waals surface area (Å²) in [6, 6.07) is 31.7. The highest BCUT2D eigenvalue weighted by Gasteiger charge is 2.51. The Bertz CT molecular complexity index is 2710. The lowest BCUT2D eigenvalue weighted by Crippen LogP contribution is -2.58. The van der Waals surface area contributed by atoms with E-state index in [9.17, 15) is 0 Å². The van der Waals surface area contributed by atoms with Crippen LogP contribution in [0.15, 0.2) is 156 Å². The molecule has 4 aromatic carbocycles. The molecule has 1 saturated heterocycles. The second kappa shape index (κ2) is 14.9. The monoisotopic (exact) mass is 809 g/mol. The van der Waals surface area contributed by atoms with Gasteiger partial charge in [0, 0.05) is 52.5 Å². The summed E-state index contributed by atoms with van der Waals surface area (Å²) in [6.45, 7) is 0. The Hall–Kier alpha value is -5.91. The number of anilines is 3. The highest BCUT2D eigenvalue weighted by molar-refractivity contribution is 6.00. The van der Waals surface area contributed by atoms with Crippen molar-refractivity contribution >= 4 is 35.0 Å². The van der Waals surface area contributed by atoms with Crippen LogP contribution in [0.4, 0.5) is 17.1 Å². The molecule has 0 saturated carbocycles. The zero-order valence-corrected chi connectivity index (χ0v) is 35.4. The Morgan fingerprint density at radius 3 is 2.50 bits per heavy atom. The average Bonchev–Trinajstić information content (AvgIpc) is 3.85. The van der Waals surface area contributed by atoms with Gasteiger partial charge in [0.1, 0.15) is 12.0 Å². The molecule has 62 heavy (non-hydrogen) atoms. The van der Waals surface area contributed by atoms with Gasteiger partial charge in [-0.1, -0.05) is 121 Å². The number of aliphatic imine (C=N–C) groups is 1. The topological polar surface area (TPSA) is 42.9 Å². The molecular formula is C57H55N5.